The van der Waals surface area contributed by atoms with Gasteiger partial charge in [-0.05, 0) is 52.0 Å². The minimum Gasteiger partial charge on any atom is -0.346 e. The highest BCUT2D eigenvalue weighted by Crippen LogP contribution is 2.21. The van der Waals surface area contributed by atoms with Crippen LogP contribution >= 0.6 is 0 Å². The molecule has 0 bridgehead atoms. The minimum atomic E-state index is -0.375. The fraction of sp³-hybridized carbons (Fsp3) is 0.478. The highest BCUT2D eigenvalue weighted by atomic mass is 19.1. The van der Waals surface area contributed by atoms with Crippen molar-refractivity contribution in [3.8, 4) is 0 Å². The molecule has 0 unspecified atom stereocenters. The van der Waals surface area contributed by atoms with Crippen molar-refractivity contribution in [2.24, 2.45) is 0 Å². The number of nitrogens with zero attached hydrogens (tertiary/aromatic N) is 3. The third kappa shape index (κ3) is 5.34. The van der Waals surface area contributed by atoms with Gasteiger partial charge in [0.2, 0.25) is 5.91 Å². The zero-order chi connectivity index (χ0) is 21.8. The van der Waals surface area contributed by atoms with Gasteiger partial charge in [-0.3, -0.25) is 19.4 Å². The van der Waals surface area contributed by atoms with E-state index in [9.17, 15) is 14.0 Å². The van der Waals surface area contributed by atoms with E-state index >= 15 is 0 Å². The quantitative estimate of drug-likeness (QED) is 0.707. The van der Waals surface area contributed by atoms with Gasteiger partial charge >= 0.3 is 0 Å². The summed E-state index contributed by atoms with van der Waals surface area (Å²) in [5.41, 5.74) is 3.40. The summed E-state index contributed by atoms with van der Waals surface area (Å²) in [6.07, 6.45) is 0. The van der Waals surface area contributed by atoms with Crippen molar-refractivity contribution in [1.29, 1.82) is 0 Å². The highest BCUT2D eigenvalue weighted by molar-refractivity contribution is 5.99. The maximum atomic E-state index is 13.2. The van der Waals surface area contributed by atoms with Gasteiger partial charge in [0.15, 0.2) is 5.78 Å². The number of anilines is 1. The zero-order valence-electron chi connectivity index (χ0n) is 18.2. The normalized spacial score (nSPS) is 15.5. The van der Waals surface area contributed by atoms with Crippen LogP contribution in [0.15, 0.2) is 30.3 Å². The van der Waals surface area contributed by atoms with Crippen molar-refractivity contribution in [2.75, 3.05) is 44.6 Å². The molecule has 1 N–H and O–H groups in total. The highest BCUT2D eigenvalue weighted by Gasteiger charge is 2.23. The molecule has 0 atom stereocenters. The van der Waals surface area contributed by atoms with Crippen LogP contribution in [0.5, 0.6) is 0 Å². The molecule has 0 saturated carbocycles. The molecule has 7 heteroatoms. The first-order valence-electron chi connectivity index (χ1n) is 10.5. The molecule has 0 spiro atoms. The van der Waals surface area contributed by atoms with Crippen LogP contribution < -0.4 is 5.32 Å². The van der Waals surface area contributed by atoms with Gasteiger partial charge in [0, 0.05) is 54.9 Å². The number of carbonyl (C=O) groups is 2. The standard InChI is InChI=1S/C23H31FN4O2/c1-16(2)28-17(3)12-21(18(28)4)22(29)14-26-8-10-27(11-9-26)15-23(30)25-20-7-5-6-19(24)13-20/h5-7,12-13,16H,8-11,14-15H2,1-4H3,(H,25,30). The monoisotopic (exact) mass is 414 g/mol. The molecule has 1 fully saturated rings. The number of amides is 1. The first-order valence-corrected chi connectivity index (χ1v) is 10.5. The van der Waals surface area contributed by atoms with E-state index in [0.29, 0.717) is 18.3 Å². The Balaban J connectivity index is 1.48. The molecule has 3 rings (SSSR count). The van der Waals surface area contributed by atoms with Crippen molar-refractivity contribution in [2.45, 2.75) is 33.7 Å². The molecule has 1 aromatic carbocycles. The Bertz CT molecular complexity index is 914. The number of benzene rings is 1. The minimum absolute atomic E-state index is 0.146. The molecule has 1 aromatic heterocycles. The number of rotatable bonds is 7. The van der Waals surface area contributed by atoms with Crippen LogP contribution in [-0.4, -0.2) is 65.3 Å². The lowest BCUT2D eigenvalue weighted by atomic mass is 10.1. The van der Waals surface area contributed by atoms with Crippen LogP contribution in [0.3, 0.4) is 0 Å². The Morgan fingerprint density at radius 2 is 1.67 bits per heavy atom. The fourth-order valence-electron chi connectivity index (χ4n) is 4.22. The molecule has 1 amide bonds. The third-order valence-corrected chi connectivity index (χ3v) is 5.61. The topological polar surface area (TPSA) is 57.6 Å². The van der Waals surface area contributed by atoms with Gasteiger partial charge in [-0.25, -0.2) is 4.39 Å². The first kappa shape index (κ1) is 22.2. The molecule has 0 aliphatic carbocycles. The Morgan fingerprint density at radius 1 is 1.03 bits per heavy atom. The summed E-state index contributed by atoms with van der Waals surface area (Å²) in [4.78, 5) is 29.3. The molecule has 1 saturated heterocycles. The van der Waals surface area contributed by atoms with Gasteiger partial charge in [0.1, 0.15) is 5.82 Å². The van der Waals surface area contributed by atoms with E-state index in [4.69, 9.17) is 0 Å². The number of hydrogen-bond donors (Lipinski definition) is 1. The molecule has 162 valence electrons. The number of aryl methyl sites for hydroxylation is 1. The van der Waals surface area contributed by atoms with Crippen molar-refractivity contribution in [1.82, 2.24) is 14.4 Å². The summed E-state index contributed by atoms with van der Waals surface area (Å²) in [7, 11) is 0. The molecular formula is C23H31FN4O2. The molecule has 2 heterocycles. The lowest BCUT2D eigenvalue weighted by molar-refractivity contribution is -0.117. The predicted molar refractivity (Wildman–Crippen MR) is 117 cm³/mol. The van der Waals surface area contributed by atoms with Crippen molar-refractivity contribution in [3.63, 3.8) is 0 Å². The second-order valence-corrected chi connectivity index (χ2v) is 8.28. The van der Waals surface area contributed by atoms with Crippen LogP contribution in [0.1, 0.15) is 41.6 Å². The molecule has 30 heavy (non-hydrogen) atoms. The maximum absolute atomic E-state index is 13.2. The van der Waals surface area contributed by atoms with Gasteiger partial charge in [0.25, 0.3) is 0 Å². The van der Waals surface area contributed by atoms with Gasteiger partial charge in [-0.1, -0.05) is 6.07 Å². The predicted octanol–water partition coefficient (Wildman–Crippen LogP) is 3.26. The summed E-state index contributed by atoms with van der Waals surface area (Å²) >= 11 is 0. The lowest BCUT2D eigenvalue weighted by Crippen LogP contribution is -2.49. The van der Waals surface area contributed by atoms with E-state index in [1.165, 1.54) is 12.1 Å². The molecule has 2 aromatic rings. The second kappa shape index (κ2) is 9.53. The number of aromatic nitrogens is 1. The molecular weight excluding hydrogens is 383 g/mol. The van der Waals surface area contributed by atoms with Gasteiger partial charge < -0.3 is 9.88 Å². The van der Waals surface area contributed by atoms with Crippen LogP contribution in [0.4, 0.5) is 10.1 Å². The van der Waals surface area contributed by atoms with E-state index in [2.05, 4.69) is 33.5 Å². The molecule has 1 aliphatic rings. The van der Waals surface area contributed by atoms with E-state index in [1.807, 2.05) is 19.9 Å². The smallest absolute Gasteiger partial charge is 0.238 e. The summed E-state index contributed by atoms with van der Waals surface area (Å²) in [6, 6.07) is 8.20. The molecule has 0 radical (unpaired) electrons. The maximum Gasteiger partial charge on any atom is 0.238 e. The SMILES string of the molecule is Cc1cc(C(=O)CN2CCN(CC(=O)Nc3cccc(F)c3)CC2)c(C)n1C(C)C. The van der Waals surface area contributed by atoms with Crippen LogP contribution in [0, 0.1) is 19.7 Å². The van der Waals surface area contributed by atoms with Crippen LogP contribution in [0.2, 0.25) is 0 Å². The van der Waals surface area contributed by atoms with Gasteiger partial charge in [-0.2, -0.15) is 0 Å². The summed E-state index contributed by atoms with van der Waals surface area (Å²) in [5.74, 6) is -0.390. The van der Waals surface area contributed by atoms with Crippen molar-refractivity contribution >= 4 is 17.4 Å². The van der Waals surface area contributed by atoms with E-state index in [1.54, 1.807) is 12.1 Å². The molecule has 1 aliphatic heterocycles. The number of Topliss-reactive ketones (excluding diaryl/α,β-unsaturated/α-hetero) is 1. The largest absolute Gasteiger partial charge is 0.346 e. The average molecular weight is 415 g/mol. The van der Waals surface area contributed by atoms with Gasteiger partial charge in [0.05, 0.1) is 13.1 Å². The Labute approximate surface area is 177 Å². The first-order chi connectivity index (χ1) is 14.2. The van der Waals surface area contributed by atoms with E-state index in [-0.39, 0.29) is 24.1 Å². The Hall–Kier alpha value is -2.51. The van der Waals surface area contributed by atoms with Crippen LogP contribution in [0.25, 0.3) is 0 Å². The second-order valence-electron chi connectivity index (χ2n) is 8.28. The Kier molecular flexibility index (Phi) is 7.05. The number of halogens is 1. The third-order valence-electron chi connectivity index (χ3n) is 5.61. The lowest BCUT2D eigenvalue weighted by Gasteiger charge is -2.33. The van der Waals surface area contributed by atoms with Gasteiger partial charge in [-0.15, -0.1) is 0 Å². The number of ketones is 1. The number of piperazine rings is 1. The number of carbonyl (C=O) groups excluding carboxylic acids is 2. The summed E-state index contributed by atoms with van der Waals surface area (Å²) in [6.45, 7) is 11.9. The number of hydrogen-bond acceptors (Lipinski definition) is 4. The van der Waals surface area contributed by atoms with Crippen LogP contribution in [-0.2, 0) is 4.79 Å². The Morgan fingerprint density at radius 3 is 2.23 bits per heavy atom. The van der Waals surface area contributed by atoms with Crippen molar-refractivity contribution in [3.05, 3.63) is 53.1 Å². The summed E-state index contributed by atoms with van der Waals surface area (Å²) in [5, 5.41) is 2.73. The van der Waals surface area contributed by atoms with E-state index in [0.717, 1.165) is 43.1 Å². The van der Waals surface area contributed by atoms with Crippen molar-refractivity contribution < 1.29 is 14.0 Å². The van der Waals surface area contributed by atoms with E-state index < -0.39 is 0 Å². The summed E-state index contributed by atoms with van der Waals surface area (Å²) < 4.78 is 15.4. The number of nitrogens with one attached hydrogen (secondary N) is 1. The zero-order valence-corrected chi connectivity index (χ0v) is 18.2. The average Bonchev–Trinajstić information content (AvgIpc) is 2.97. The molecule has 6 nitrogen and oxygen atoms in total. The fourth-order valence-corrected chi connectivity index (χ4v) is 4.22.